The van der Waals surface area contributed by atoms with Gasteiger partial charge in [-0.3, -0.25) is 0 Å². The summed E-state index contributed by atoms with van der Waals surface area (Å²) < 4.78 is 0. The van der Waals surface area contributed by atoms with Crippen molar-refractivity contribution in [3.8, 4) is 11.1 Å². The van der Waals surface area contributed by atoms with Crippen molar-refractivity contribution in [1.29, 1.82) is 0 Å². The number of hydrogen-bond donors (Lipinski definition) is 0. The molecule has 0 radical (unpaired) electrons. The number of benzene rings is 4. The van der Waals surface area contributed by atoms with Gasteiger partial charge in [-0.05, 0) is 144 Å². The fourth-order valence-electron chi connectivity index (χ4n) is 11.1. The molecule has 0 heterocycles. The molecule has 4 fully saturated rings. The van der Waals surface area contributed by atoms with Crippen molar-refractivity contribution in [2.24, 2.45) is 17.8 Å². The molecule has 0 spiro atoms. The maximum absolute atomic E-state index is 2.69. The molecule has 45 heavy (non-hydrogen) atoms. The van der Waals surface area contributed by atoms with Gasteiger partial charge >= 0.3 is 0 Å². The zero-order valence-corrected chi connectivity index (χ0v) is 27.4. The molecule has 1 nitrogen and oxygen atoms in total. The standard InChI is InChI=1S/C44H49N/c1-43(2)41-26-35(44-28-30-13-17-34(44)18-14-31(25-30)29-44)19-23-39(41)40-24-22-38(27-42(40)43)45(36-11-7-4-8-12-36)37-20-15-33(16-21-37)32-9-5-3-6-10-32/h4,7-8,11-12,15-16,19-24,26-27,30-32,34H,3,5-6,9-10,13-14,17-18,25,28-29H2,1-2H3. The number of hydrogen-bond acceptors (Lipinski definition) is 1. The molecule has 9 rings (SSSR count). The van der Waals surface area contributed by atoms with Gasteiger partial charge in [0, 0.05) is 22.5 Å². The van der Waals surface area contributed by atoms with Crippen LogP contribution in [0.15, 0.2) is 91.0 Å². The van der Waals surface area contributed by atoms with Gasteiger partial charge < -0.3 is 4.90 Å². The van der Waals surface area contributed by atoms with Crippen LogP contribution in [0.25, 0.3) is 11.1 Å². The quantitative estimate of drug-likeness (QED) is 0.223. The normalized spacial score (nSPS) is 28.0. The largest absolute Gasteiger partial charge is 0.310 e. The highest BCUT2D eigenvalue weighted by Gasteiger charge is 2.52. The number of fused-ring (bicyclic) bond motifs is 5. The lowest BCUT2D eigenvalue weighted by molar-refractivity contribution is 0.000393. The lowest BCUT2D eigenvalue weighted by Crippen LogP contribution is -2.49. The molecule has 4 saturated carbocycles. The molecular formula is C44H49N. The van der Waals surface area contributed by atoms with E-state index in [0.717, 1.165) is 23.7 Å². The van der Waals surface area contributed by atoms with Crippen LogP contribution < -0.4 is 4.90 Å². The van der Waals surface area contributed by atoms with Gasteiger partial charge in [0.15, 0.2) is 0 Å². The van der Waals surface area contributed by atoms with Crippen LogP contribution in [0.1, 0.15) is 119 Å². The van der Waals surface area contributed by atoms with Crippen LogP contribution in [0.3, 0.4) is 0 Å². The van der Waals surface area contributed by atoms with Gasteiger partial charge in [-0.25, -0.2) is 0 Å². The van der Waals surface area contributed by atoms with E-state index in [0.29, 0.717) is 5.41 Å². The summed E-state index contributed by atoms with van der Waals surface area (Å²) in [5.74, 6) is 3.54. The van der Waals surface area contributed by atoms with Crippen LogP contribution in [-0.4, -0.2) is 0 Å². The Labute approximate surface area is 271 Å². The molecular weight excluding hydrogens is 542 g/mol. The predicted octanol–water partition coefficient (Wildman–Crippen LogP) is 12.4. The van der Waals surface area contributed by atoms with Crippen LogP contribution >= 0.6 is 0 Å². The fourth-order valence-corrected chi connectivity index (χ4v) is 11.1. The third kappa shape index (κ3) is 4.47. The highest BCUT2D eigenvalue weighted by atomic mass is 15.1. The summed E-state index contributed by atoms with van der Waals surface area (Å²) in [6.07, 6.45) is 17.1. The summed E-state index contributed by atoms with van der Waals surface area (Å²) in [6, 6.07) is 35.6. The number of para-hydroxylation sites is 1. The van der Waals surface area contributed by atoms with Crippen molar-refractivity contribution < 1.29 is 0 Å². The van der Waals surface area contributed by atoms with Gasteiger partial charge in [0.1, 0.15) is 0 Å². The Bertz CT molecular complexity index is 1690. The van der Waals surface area contributed by atoms with E-state index in [9.17, 15) is 0 Å². The maximum atomic E-state index is 2.69. The molecule has 2 atom stereocenters. The molecule has 0 saturated heterocycles. The molecule has 4 aromatic rings. The second kappa shape index (κ2) is 10.6. The second-order valence-electron chi connectivity index (χ2n) is 16.1. The van der Waals surface area contributed by atoms with E-state index in [-0.39, 0.29) is 5.41 Å². The van der Waals surface area contributed by atoms with E-state index in [1.54, 1.807) is 11.1 Å². The third-order valence-corrected chi connectivity index (χ3v) is 13.3. The van der Waals surface area contributed by atoms with Crippen LogP contribution in [0.5, 0.6) is 0 Å². The molecule has 5 aliphatic carbocycles. The summed E-state index contributed by atoms with van der Waals surface area (Å²) in [7, 11) is 0. The number of nitrogens with zero attached hydrogens (tertiary/aromatic N) is 1. The molecule has 2 unspecified atom stereocenters. The average Bonchev–Trinajstić information content (AvgIpc) is 3.30. The molecule has 3 bridgehead atoms. The molecule has 0 amide bonds. The second-order valence-corrected chi connectivity index (χ2v) is 16.1. The molecule has 0 N–H and O–H groups in total. The van der Waals surface area contributed by atoms with Crippen molar-refractivity contribution in [3.05, 3.63) is 113 Å². The first-order valence-corrected chi connectivity index (χ1v) is 18.2. The van der Waals surface area contributed by atoms with Gasteiger partial charge in [0.2, 0.25) is 0 Å². The number of rotatable bonds is 5. The summed E-state index contributed by atoms with van der Waals surface area (Å²) in [5, 5.41) is 0. The maximum Gasteiger partial charge on any atom is 0.0465 e. The van der Waals surface area contributed by atoms with E-state index in [4.69, 9.17) is 0 Å². The third-order valence-electron chi connectivity index (χ3n) is 13.3. The van der Waals surface area contributed by atoms with E-state index in [2.05, 4.69) is 110 Å². The van der Waals surface area contributed by atoms with Gasteiger partial charge in [0.05, 0.1) is 0 Å². The lowest BCUT2D eigenvalue weighted by atomic mass is 9.47. The Morgan fingerprint density at radius 3 is 1.91 bits per heavy atom. The SMILES string of the molecule is CC1(C)c2cc(N(c3ccccc3)c3ccc(C4CCCCC4)cc3)ccc2-c2ccc(C34CC5CCC3CCC(C5)C4)cc21. The van der Waals surface area contributed by atoms with Crippen molar-refractivity contribution in [2.45, 2.75) is 108 Å². The Hall–Kier alpha value is -3.32. The summed E-state index contributed by atoms with van der Waals surface area (Å²) >= 11 is 0. The highest BCUT2D eigenvalue weighted by molar-refractivity contribution is 5.85. The van der Waals surface area contributed by atoms with Crippen molar-refractivity contribution >= 4 is 17.1 Å². The first-order valence-electron chi connectivity index (χ1n) is 18.2. The van der Waals surface area contributed by atoms with Gasteiger partial charge in [0.25, 0.3) is 0 Å². The van der Waals surface area contributed by atoms with E-state index >= 15 is 0 Å². The van der Waals surface area contributed by atoms with E-state index in [1.807, 2.05) is 0 Å². The molecule has 0 aromatic heterocycles. The zero-order valence-electron chi connectivity index (χ0n) is 27.4. The van der Waals surface area contributed by atoms with Crippen LogP contribution in [-0.2, 0) is 10.8 Å². The molecule has 4 aromatic carbocycles. The minimum atomic E-state index is -0.0255. The average molecular weight is 592 g/mol. The van der Waals surface area contributed by atoms with Gasteiger partial charge in [-0.15, -0.1) is 0 Å². The molecule has 1 heteroatoms. The van der Waals surface area contributed by atoms with E-state index < -0.39 is 0 Å². The molecule has 230 valence electrons. The Balaban J connectivity index is 1.09. The first kappa shape index (κ1) is 27.9. The minimum Gasteiger partial charge on any atom is -0.310 e. The summed E-state index contributed by atoms with van der Waals surface area (Å²) in [6.45, 7) is 4.96. The smallest absolute Gasteiger partial charge is 0.0465 e. The van der Waals surface area contributed by atoms with Gasteiger partial charge in [-0.2, -0.15) is 0 Å². The number of anilines is 3. The lowest BCUT2D eigenvalue weighted by Gasteiger charge is -2.57. The first-order chi connectivity index (χ1) is 22.0. The Kier molecular flexibility index (Phi) is 6.59. The minimum absolute atomic E-state index is 0.0255. The Morgan fingerprint density at radius 2 is 1.20 bits per heavy atom. The summed E-state index contributed by atoms with van der Waals surface area (Å²) in [4.78, 5) is 2.47. The molecule has 5 aliphatic rings. The summed E-state index contributed by atoms with van der Waals surface area (Å²) in [5.41, 5.74) is 13.2. The zero-order chi connectivity index (χ0) is 30.2. The fraction of sp³-hybridized carbons (Fsp3) is 0.455. The molecule has 0 aliphatic heterocycles. The van der Waals surface area contributed by atoms with Crippen molar-refractivity contribution in [3.63, 3.8) is 0 Å². The topological polar surface area (TPSA) is 3.24 Å². The van der Waals surface area contributed by atoms with E-state index in [1.165, 1.54) is 116 Å². The predicted molar refractivity (Wildman–Crippen MR) is 189 cm³/mol. The van der Waals surface area contributed by atoms with Crippen LogP contribution in [0.4, 0.5) is 17.1 Å². The highest BCUT2D eigenvalue weighted by Crippen LogP contribution is 2.62. The van der Waals surface area contributed by atoms with Crippen molar-refractivity contribution in [2.75, 3.05) is 4.90 Å². The van der Waals surface area contributed by atoms with Crippen molar-refractivity contribution in [1.82, 2.24) is 0 Å². The van der Waals surface area contributed by atoms with Crippen LogP contribution in [0, 0.1) is 17.8 Å². The van der Waals surface area contributed by atoms with Gasteiger partial charge in [-0.1, -0.05) is 101 Å². The Morgan fingerprint density at radius 1 is 0.578 bits per heavy atom. The van der Waals surface area contributed by atoms with Crippen LogP contribution in [0.2, 0.25) is 0 Å². The monoisotopic (exact) mass is 591 g/mol.